The van der Waals surface area contributed by atoms with Gasteiger partial charge in [0.25, 0.3) is 0 Å². The zero-order valence-electron chi connectivity index (χ0n) is 9.62. The van der Waals surface area contributed by atoms with Crippen LogP contribution in [0.2, 0.25) is 0 Å². The fraction of sp³-hybridized carbons (Fsp3) is 0.462. The number of hydrogen-bond donors (Lipinski definition) is 0. The zero-order chi connectivity index (χ0) is 11.3. The van der Waals surface area contributed by atoms with E-state index in [1.165, 1.54) is 0 Å². The molecule has 1 atom stereocenters. The molecule has 0 aromatic heterocycles. The monoisotopic (exact) mass is 206 g/mol. The van der Waals surface area contributed by atoms with Gasteiger partial charge in [-0.25, -0.2) is 0 Å². The normalized spacial score (nSPS) is 12.2. The second-order valence-electron chi connectivity index (χ2n) is 3.71. The highest BCUT2D eigenvalue weighted by Gasteiger charge is 2.13. The molecular weight excluding hydrogens is 188 g/mol. The predicted molar refractivity (Wildman–Crippen MR) is 61.3 cm³/mol. The Hall–Kier alpha value is -1.31. The van der Waals surface area contributed by atoms with Crippen molar-refractivity contribution in [2.24, 2.45) is 0 Å². The summed E-state index contributed by atoms with van der Waals surface area (Å²) in [5, 5.41) is 0. The zero-order valence-corrected chi connectivity index (χ0v) is 9.62. The van der Waals surface area contributed by atoms with E-state index in [0.29, 0.717) is 12.2 Å². The predicted octanol–water partition coefficient (Wildman–Crippen LogP) is 3.17. The molecule has 0 fully saturated rings. The van der Waals surface area contributed by atoms with Crippen molar-refractivity contribution in [3.63, 3.8) is 0 Å². The first-order valence-corrected chi connectivity index (χ1v) is 5.35. The van der Waals surface area contributed by atoms with Crippen molar-refractivity contribution in [3.05, 3.63) is 29.8 Å². The Morgan fingerprint density at radius 3 is 2.40 bits per heavy atom. The van der Waals surface area contributed by atoms with Gasteiger partial charge in [-0.1, -0.05) is 26.0 Å². The Balaban J connectivity index is 2.73. The lowest BCUT2D eigenvalue weighted by atomic mass is 9.94. The van der Waals surface area contributed by atoms with Gasteiger partial charge >= 0.3 is 0 Å². The van der Waals surface area contributed by atoms with Crippen molar-refractivity contribution in [3.8, 4) is 5.75 Å². The van der Waals surface area contributed by atoms with Crippen molar-refractivity contribution < 1.29 is 9.53 Å². The minimum atomic E-state index is -0.00384. The molecule has 2 nitrogen and oxygen atoms in total. The highest BCUT2D eigenvalue weighted by Crippen LogP contribution is 2.21. The molecule has 0 amide bonds. The second-order valence-corrected chi connectivity index (χ2v) is 3.71. The summed E-state index contributed by atoms with van der Waals surface area (Å²) >= 11 is 0. The molecule has 15 heavy (non-hydrogen) atoms. The summed E-state index contributed by atoms with van der Waals surface area (Å²) < 4.78 is 5.07. The second kappa shape index (κ2) is 5.54. The topological polar surface area (TPSA) is 26.3 Å². The number of methoxy groups -OCH3 is 1. The number of hydrogen-bond acceptors (Lipinski definition) is 2. The van der Waals surface area contributed by atoms with Gasteiger partial charge in [0.2, 0.25) is 0 Å². The first-order chi connectivity index (χ1) is 7.19. The Bertz CT molecular complexity index is 314. The highest BCUT2D eigenvalue weighted by atomic mass is 16.5. The van der Waals surface area contributed by atoms with Gasteiger partial charge in [-0.05, 0) is 24.1 Å². The van der Waals surface area contributed by atoms with E-state index in [9.17, 15) is 4.79 Å². The van der Waals surface area contributed by atoms with Crippen molar-refractivity contribution in [2.45, 2.75) is 32.6 Å². The lowest BCUT2D eigenvalue weighted by molar-refractivity contribution is -0.120. The molecule has 0 aliphatic rings. The van der Waals surface area contributed by atoms with Gasteiger partial charge in [0, 0.05) is 12.3 Å². The molecule has 0 saturated heterocycles. The van der Waals surface area contributed by atoms with E-state index in [0.717, 1.165) is 17.7 Å². The lowest BCUT2D eigenvalue weighted by Gasteiger charge is -2.10. The average molecular weight is 206 g/mol. The largest absolute Gasteiger partial charge is 0.497 e. The van der Waals surface area contributed by atoms with Crippen LogP contribution in [0.15, 0.2) is 24.3 Å². The van der Waals surface area contributed by atoms with Gasteiger partial charge in [-0.3, -0.25) is 4.79 Å². The van der Waals surface area contributed by atoms with Crippen molar-refractivity contribution in [2.75, 3.05) is 7.11 Å². The minimum Gasteiger partial charge on any atom is -0.497 e. The molecule has 0 saturated carbocycles. The molecule has 0 spiro atoms. The van der Waals surface area contributed by atoms with E-state index in [2.05, 4.69) is 0 Å². The van der Waals surface area contributed by atoms with E-state index in [4.69, 9.17) is 4.74 Å². The van der Waals surface area contributed by atoms with E-state index in [1.807, 2.05) is 38.1 Å². The van der Waals surface area contributed by atoms with Gasteiger partial charge in [0.05, 0.1) is 7.11 Å². The number of ether oxygens (including phenoxy) is 1. The van der Waals surface area contributed by atoms with Crippen molar-refractivity contribution >= 4 is 5.78 Å². The summed E-state index contributed by atoms with van der Waals surface area (Å²) in [5.41, 5.74) is 1.06. The molecule has 1 aromatic carbocycles. The van der Waals surface area contributed by atoms with Gasteiger partial charge < -0.3 is 4.74 Å². The van der Waals surface area contributed by atoms with Crippen molar-refractivity contribution in [1.29, 1.82) is 0 Å². The number of carbonyl (C=O) groups is 1. The van der Waals surface area contributed by atoms with Gasteiger partial charge in [0.1, 0.15) is 11.5 Å². The highest BCUT2D eigenvalue weighted by molar-refractivity contribution is 5.85. The van der Waals surface area contributed by atoms with Crippen LogP contribution in [0.1, 0.15) is 38.2 Å². The summed E-state index contributed by atoms with van der Waals surface area (Å²) in [5.74, 6) is 1.13. The van der Waals surface area contributed by atoms with Crippen LogP contribution in [0.4, 0.5) is 0 Å². The molecule has 0 radical (unpaired) electrons. The third-order valence-corrected chi connectivity index (χ3v) is 2.60. The maximum Gasteiger partial charge on any atom is 0.140 e. The fourth-order valence-corrected chi connectivity index (χ4v) is 1.54. The van der Waals surface area contributed by atoms with Crippen LogP contribution in [0.25, 0.3) is 0 Å². The molecule has 1 aromatic rings. The molecule has 0 aliphatic carbocycles. The molecule has 0 aliphatic heterocycles. The van der Waals surface area contributed by atoms with Crippen LogP contribution in [-0.2, 0) is 4.79 Å². The van der Waals surface area contributed by atoms with Gasteiger partial charge in [0.15, 0.2) is 0 Å². The van der Waals surface area contributed by atoms with Gasteiger partial charge in [-0.2, -0.15) is 0 Å². The van der Waals surface area contributed by atoms with E-state index in [-0.39, 0.29) is 5.92 Å². The number of benzene rings is 1. The van der Waals surface area contributed by atoms with Gasteiger partial charge in [-0.15, -0.1) is 0 Å². The van der Waals surface area contributed by atoms with E-state index in [1.54, 1.807) is 7.11 Å². The minimum absolute atomic E-state index is 0.00384. The Morgan fingerprint density at radius 1 is 1.33 bits per heavy atom. The van der Waals surface area contributed by atoms with Crippen LogP contribution < -0.4 is 4.74 Å². The summed E-state index contributed by atoms with van der Waals surface area (Å²) in [6, 6.07) is 7.70. The summed E-state index contributed by atoms with van der Waals surface area (Å²) in [4.78, 5) is 11.7. The third kappa shape index (κ3) is 3.08. The maximum absolute atomic E-state index is 11.7. The summed E-state index contributed by atoms with van der Waals surface area (Å²) in [6.45, 7) is 3.98. The molecule has 1 rings (SSSR count). The average Bonchev–Trinajstić information content (AvgIpc) is 2.28. The maximum atomic E-state index is 11.7. The number of carbonyl (C=O) groups excluding carboxylic acids is 1. The third-order valence-electron chi connectivity index (χ3n) is 2.60. The molecule has 82 valence electrons. The van der Waals surface area contributed by atoms with Crippen LogP contribution in [0.3, 0.4) is 0 Å². The van der Waals surface area contributed by atoms with E-state index < -0.39 is 0 Å². The molecule has 0 bridgehead atoms. The smallest absolute Gasteiger partial charge is 0.140 e. The standard InChI is InChI=1S/C13H18O2/c1-4-5-13(14)10(2)11-6-8-12(15-3)9-7-11/h6-10H,4-5H2,1-3H3. The quantitative estimate of drug-likeness (QED) is 0.739. The SMILES string of the molecule is CCCC(=O)C(C)c1ccc(OC)cc1. The summed E-state index contributed by atoms with van der Waals surface area (Å²) in [6.07, 6.45) is 1.58. The van der Waals surface area contributed by atoms with Crippen LogP contribution in [0.5, 0.6) is 5.75 Å². The first-order valence-electron chi connectivity index (χ1n) is 5.35. The summed E-state index contributed by atoms with van der Waals surface area (Å²) in [7, 11) is 1.64. The number of ketones is 1. The van der Waals surface area contributed by atoms with Crippen LogP contribution >= 0.6 is 0 Å². The Kier molecular flexibility index (Phi) is 4.35. The van der Waals surface area contributed by atoms with Crippen molar-refractivity contribution in [1.82, 2.24) is 0 Å². The number of Topliss-reactive ketones (excluding diaryl/α,β-unsaturated/α-hetero) is 1. The van der Waals surface area contributed by atoms with Crippen LogP contribution in [0, 0.1) is 0 Å². The molecule has 0 heterocycles. The molecule has 1 unspecified atom stereocenters. The molecule has 0 N–H and O–H groups in total. The first kappa shape index (κ1) is 11.8. The van der Waals surface area contributed by atoms with E-state index >= 15 is 0 Å². The molecular formula is C13H18O2. The Morgan fingerprint density at radius 2 is 1.93 bits per heavy atom. The molecule has 2 heteroatoms. The fourth-order valence-electron chi connectivity index (χ4n) is 1.54. The lowest BCUT2D eigenvalue weighted by Crippen LogP contribution is -2.08. The number of rotatable bonds is 5. The van der Waals surface area contributed by atoms with Crippen LogP contribution in [-0.4, -0.2) is 12.9 Å². The Labute approximate surface area is 91.3 Å².